The van der Waals surface area contributed by atoms with E-state index >= 15 is 0 Å². The second-order valence-electron chi connectivity index (χ2n) is 3.40. The number of carbonyl (C=O) groups excluding carboxylic acids is 2. The van der Waals surface area contributed by atoms with Crippen LogP contribution in [0, 0.1) is 5.82 Å². The van der Waals surface area contributed by atoms with Gasteiger partial charge in [0.05, 0.1) is 11.6 Å². The molecule has 0 heterocycles. The summed E-state index contributed by atoms with van der Waals surface area (Å²) in [7, 11) is 1.21. The Hall–Kier alpha value is -1.69. The van der Waals surface area contributed by atoms with Gasteiger partial charge >= 0.3 is 5.97 Å². The van der Waals surface area contributed by atoms with Gasteiger partial charge < -0.3 is 10.1 Å². The van der Waals surface area contributed by atoms with Crippen molar-refractivity contribution in [2.45, 2.75) is 6.92 Å². The minimum Gasteiger partial charge on any atom is -0.464 e. The summed E-state index contributed by atoms with van der Waals surface area (Å²) in [4.78, 5) is 22.4. The molecular formula is C12H11BrFNO3. The molecule has 1 aromatic rings. The van der Waals surface area contributed by atoms with Gasteiger partial charge in [-0.25, -0.2) is 9.18 Å². The molecule has 6 heteroatoms. The first kappa shape index (κ1) is 14.4. The molecule has 0 saturated heterocycles. The van der Waals surface area contributed by atoms with Crippen LogP contribution in [0.4, 0.5) is 4.39 Å². The maximum Gasteiger partial charge on any atom is 0.354 e. The summed E-state index contributed by atoms with van der Waals surface area (Å²) in [6, 6.07) is 4.21. The van der Waals surface area contributed by atoms with Crippen molar-refractivity contribution < 1.29 is 18.7 Å². The molecule has 1 aromatic carbocycles. The van der Waals surface area contributed by atoms with Gasteiger partial charge in [-0.2, -0.15) is 0 Å². The van der Waals surface area contributed by atoms with Gasteiger partial charge in [0.1, 0.15) is 11.5 Å². The molecular weight excluding hydrogens is 305 g/mol. The van der Waals surface area contributed by atoms with E-state index in [1.165, 1.54) is 38.3 Å². The number of methoxy groups -OCH3 is 1. The van der Waals surface area contributed by atoms with Crippen LogP contribution in [0.1, 0.15) is 12.5 Å². The lowest BCUT2D eigenvalue weighted by atomic mass is 10.2. The lowest BCUT2D eigenvalue weighted by molar-refractivity contribution is -0.137. The first-order valence-corrected chi connectivity index (χ1v) is 5.76. The summed E-state index contributed by atoms with van der Waals surface area (Å²) in [6.45, 7) is 1.28. The molecule has 4 nitrogen and oxygen atoms in total. The van der Waals surface area contributed by atoms with E-state index < -0.39 is 17.7 Å². The number of nitrogens with one attached hydrogen (secondary N) is 1. The fourth-order valence-electron chi connectivity index (χ4n) is 1.21. The monoisotopic (exact) mass is 315 g/mol. The van der Waals surface area contributed by atoms with Crippen LogP contribution in [0.2, 0.25) is 0 Å². The number of amides is 1. The Morgan fingerprint density at radius 1 is 1.44 bits per heavy atom. The van der Waals surface area contributed by atoms with E-state index in [4.69, 9.17) is 0 Å². The first-order chi connectivity index (χ1) is 8.43. The van der Waals surface area contributed by atoms with Crippen LogP contribution in [-0.4, -0.2) is 19.0 Å². The Balaban J connectivity index is 3.10. The number of hydrogen-bond acceptors (Lipinski definition) is 3. The minimum atomic E-state index is -0.675. The largest absolute Gasteiger partial charge is 0.464 e. The molecule has 0 aliphatic rings. The predicted octanol–water partition coefficient (Wildman–Crippen LogP) is 2.24. The van der Waals surface area contributed by atoms with E-state index in [9.17, 15) is 14.0 Å². The van der Waals surface area contributed by atoms with Crippen LogP contribution in [0.5, 0.6) is 0 Å². The van der Waals surface area contributed by atoms with Gasteiger partial charge in [0.2, 0.25) is 5.91 Å². The molecule has 0 saturated carbocycles. The number of carbonyl (C=O) groups is 2. The molecule has 0 fully saturated rings. The van der Waals surface area contributed by atoms with Crippen LogP contribution in [-0.2, 0) is 14.3 Å². The van der Waals surface area contributed by atoms with Crippen molar-refractivity contribution in [1.82, 2.24) is 5.32 Å². The van der Waals surface area contributed by atoms with Crippen molar-refractivity contribution in [2.24, 2.45) is 0 Å². The molecule has 0 atom stereocenters. The highest BCUT2D eigenvalue weighted by Crippen LogP contribution is 2.18. The molecule has 0 radical (unpaired) electrons. The summed E-state index contributed by atoms with van der Waals surface area (Å²) in [5, 5.41) is 2.35. The normalized spacial score (nSPS) is 11.0. The zero-order valence-corrected chi connectivity index (χ0v) is 11.4. The Labute approximate surface area is 112 Å². The maximum absolute atomic E-state index is 13.0. The van der Waals surface area contributed by atoms with Gasteiger partial charge in [0.15, 0.2) is 0 Å². The lowest BCUT2D eigenvalue weighted by Crippen LogP contribution is -2.25. The molecule has 0 aliphatic carbocycles. The summed E-state index contributed by atoms with van der Waals surface area (Å²) in [5.74, 6) is -1.48. The summed E-state index contributed by atoms with van der Waals surface area (Å²) in [5.41, 5.74) is 0.543. The highest BCUT2D eigenvalue weighted by molar-refractivity contribution is 9.10. The van der Waals surface area contributed by atoms with Gasteiger partial charge in [0, 0.05) is 6.92 Å². The standard InChI is InChI=1S/C12H11BrFNO3/c1-7(16)15-11(12(17)18-2)6-8-3-4-10(14)9(13)5-8/h3-6H,1-2H3,(H,15,16)/b11-6+. The average molecular weight is 316 g/mol. The van der Waals surface area contributed by atoms with Crippen molar-refractivity contribution in [3.8, 4) is 0 Å². The Morgan fingerprint density at radius 2 is 2.11 bits per heavy atom. The maximum atomic E-state index is 13.0. The number of ether oxygens (including phenoxy) is 1. The van der Waals surface area contributed by atoms with Gasteiger partial charge in [-0.05, 0) is 39.7 Å². The second kappa shape index (κ2) is 6.30. The van der Waals surface area contributed by atoms with Crippen molar-refractivity contribution in [2.75, 3.05) is 7.11 Å². The number of rotatable bonds is 3. The highest BCUT2D eigenvalue weighted by Gasteiger charge is 2.11. The quantitative estimate of drug-likeness (QED) is 0.687. The summed E-state index contributed by atoms with van der Waals surface area (Å²) >= 11 is 3.03. The Kier molecular flexibility index (Phi) is 5.03. The molecule has 1 N–H and O–H groups in total. The molecule has 0 spiro atoms. The van der Waals surface area contributed by atoms with Crippen LogP contribution in [0.25, 0.3) is 6.08 Å². The molecule has 96 valence electrons. The fraction of sp³-hybridized carbons (Fsp3) is 0.167. The zero-order valence-electron chi connectivity index (χ0n) is 9.79. The fourth-order valence-corrected chi connectivity index (χ4v) is 1.61. The van der Waals surface area contributed by atoms with Crippen molar-refractivity contribution >= 4 is 33.9 Å². The van der Waals surface area contributed by atoms with E-state index in [0.717, 1.165) is 0 Å². The number of halogens is 2. The van der Waals surface area contributed by atoms with Gasteiger partial charge in [-0.3, -0.25) is 4.79 Å². The molecule has 0 aromatic heterocycles. The molecule has 1 rings (SSSR count). The Morgan fingerprint density at radius 3 is 2.61 bits per heavy atom. The van der Waals surface area contributed by atoms with E-state index in [1.807, 2.05) is 0 Å². The van der Waals surface area contributed by atoms with Crippen molar-refractivity contribution in [1.29, 1.82) is 0 Å². The molecule has 1 amide bonds. The predicted molar refractivity (Wildman–Crippen MR) is 67.9 cm³/mol. The molecule has 18 heavy (non-hydrogen) atoms. The van der Waals surface area contributed by atoms with Gasteiger partial charge in [-0.1, -0.05) is 6.07 Å². The van der Waals surface area contributed by atoms with Crippen LogP contribution >= 0.6 is 15.9 Å². The van der Waals surface area contributed by atoms with Gasteiger partial charge in [-0.15, -0.1) is 0 Å². The molecule has 0 bridgehead atoms. The topological polar surface area (TPSA) is 55.4 Å². The van der Waals surface area contributed by atoms with Crippen molar-refractivity contribution in [3.63, 3.8) is 0 Å². The minimum absolute atomic E-state index is 0.0106. The second-order valence-corrected chi connectivity index (χ2v) is 4.26. The third-order valence-corrected chi connectivity index (χ3v) is 2.58. The average Bonchev–Trinajstić information content (AvgIpc) is 2.31. The van der Waals surface area contributed by atoms with Crippen LogP contribution in [0.3, 0.4) is 0 Å². The third-order valence-electron chi connectivity index (χ3n) is 1.97. The van der Waals surface area contributed by atoms with E-state index in [2.05, 4.69) is 26.0 Å². The molecule has 0 aliphatic heterocycles. The number of esters is 1. The smallest absolute Gasteiger partial charge is 0.354 e. The zero-order chi connectivity index (χ0) is 13.7. The SMILES string of the molecule is COC(=O)/C(=C\c1ccc(F)c(Br)c1)NC(C)=O. The van der Waals surface area contributed by atoms with E-state index in [0.29, 0.717) is 5.56 Å². The molecule has 0 unspecified atom stereocenters. The first-order valence-electron chi connectivity index (χ1n) is 4.96. The van der Waals surface area contributed by atoms with E-state index in [1.54, 1.807) is 0 Å². The highest BCUT2D eigenvalue weighted by atomic mass is 79.9. The Bertz CT molecular complexity index is 514. The van der Waals surface area contributed by atoms with Gasteiger partial charge in [0.25, 0.3) is 0 Å². The van der Waals surface area contributed by atoms with Crippen LogP contribution < -0.4 is 5.32 Å². The van der Waals surface area contributed by atoms with E-state index in [-0.39, 0.29) is 10.2 Å². The lowest BCUT2D eigenvalue weighted by Gasteiger charge is -2.06. The number of hydrogen-bond donors (Lipinski definition) is 1. The summed E-state index contributed by atoms with van der Waals surface area (Å²) < 4.78 is 17.8. The number of benzene rings is 1. The third kappa shape index (κ3) is 3.96. The van der Waals surface area contributed by atoms with Crippen molar-refractivity contribution in [3.05, 3.63) is 39.7 Å². The van der Waals surface area contributed by atoms with Crippen LogP contribution in [0.15, 0.2) is 28.4 Å². The summed E-state index contributed by atoms with van der Waals surface area (Å²) in [6.07, 6.45) is 1.40.